The van der Waals surface area contributed by atoms with Crippen molar-refractivity contribution < 1.29 is 14.4 Å². The lowest BCUT2D eigenvalue weighted by atomic mass is 10.1. The van der Waals surface area contributed by atoms with Gasteiger partial charge >= 0.3 is 5.97 Å². The topological polar surface area (TPSA) is 97.4 Å². The Morgan fingerprint density at radius 1 is 1.44 bits per heavy atom. The summed E-state index contributed by atoms with van der Waals surface area (Å²) in [6, 6.07) is 5.55. The van der Waals surface area contributed by atoms with Crippen LogP contribution in [0.5, 0.6) is 5.75 Å². The van der Waals surface area contributed by atoms with Gasteiger partial charge in [-0.2, -0.15) is 5.26 Å². The number of rotatable bonds is 5. The van der Waals surface area contributed by atoms with Crippen LogP contribution in [-0.4, -0.2) is 12.6 Å². The van der Waals surface area contributed by atoms with E-state index < -0.39 is 5.97 Å². The van der Waals surface area contributed by atoms with Gasteiger partial charge in [-0.1, -0.05) is 5.59 Å². The zero-order valence-electron chi connectivity index (χ0n) is 10.3. The summed E-state index contributed by atoms with van der Waals surface area (Å²) in [5.74, 6) is 5.01. The Morgan fingerprint density at radius 3 is 2.56 bits per heavy atom. The molecule has 0 bridgehead atoms. The van der Waals surface area contributed by atoms with Gasteiger partial charge in [-0.25, -0.2) is 5.84 Å². The van der Waals surface area contributed by atoms with Crippen molar-refractivity contribution in [2.24, 2.45) is 5.84 Å². The number of nitriles is 1. The molecule has 18 heavy (non-hydrogen) atoms. The van der Waals surface area contributed by atoms with Gasteiger partial charge in [0.2, 0.25) is 0 Å². The molecule has 0 radical (unpaired) electrons. The molecule has 0 spiro atoms. The summed E-state index contributed by atoms with van der Waals surface area (Å²) >= 11 is 0. The summed E-state index contributed by atoms with van der Waals surface area (Å²) in [5.41, 5.74) is 4.12. The molecule has 96 valence electrons. The summed E-state index contributed by atoms with van der Waals surface area (Å²) in [5, 5.41) is 8.81. The molecule has 0 aromatic heterocycles. The molecule has 0 atom stereocenters. The molecule has 6 nitrogen and oxygen atoms in total. The maximum Gasteiger partial charge on any atom is 0.329 e. The van der Waals surface area contributed by atoms with Crippen LogP contribution in [-0.2, 0) is 9.63 Å². The third kappa shape index (κ3) is 3.73. The zero-order chi connectivity index (χ0) is 13.5. The molecule has 0 saturated carbocycles. The molecule has 1 rings (SSSR count). The Hall–Kier alpha value is -2.10. The van der Waals surface area contributed by atoms with Crippen molar-refractivity contribution in [2.75, 3.05) is 6.61 Å². The molecular formula is C12H15N3O3. The van der Waals surface area contributed by atoms with Gasteiger partial charge in [0.15, 0.2) is 0 Å². The molecule has 3 N–H and O–H groups in total. The van der Waals surface area contributed by atoms with Gasteiger partial charge in [-0.05, 0) is 37.1 Å². The number of hydrogen-bond donors (Lipinski definition) is 2. The first-order valence-corrected chi connectivity index (χ1v) is 5.38. The fourth-order valence-corrected chi connectivity index (χ4v) is 1.60. The van der Waals surface area contributed by atoms with Crippen molar-refractivity contribution in [1.82, 2.24) is 5.59 Å². The van der Waals surface area contributed by atoms with Crippen molar-refractivity contribution in [2.45, 2.75) is 20.3 Å². The van der Waals surface area contributed by atoms with E-state index in [2.05, 4.69) is 10.9 Å². The minimum absolute atomic E-state index is 0.0864. The normalized spacial score (nSPS) is 9.67. The monoisotopic (exact) mass is 249 g/mol. The number of nitrogens with two attached hydrogens (primary N) is 1. The van der Waals surface area contributed by atoms with Gasteiger partial charge in [0.25, 0.3) is 0 Å². The highest BCUT2D eigenvalue weighted by Gasteiger charge is 2.08. The largest absolute Gasteiger partial charge is 0.492 e. The Labute approximate surface area is 105 Å². The number of benzene rings is 1. The standard InChI is InChI=1S/C12H15N3O3/c1-8-5-10(7-13)6-9(2)12(8)17-4-3-11(16)18-15-14/h5-6,15H,3-4,14H2,1-2H3. The number of carbonyl (C=O) groups is 1. The first kappa shape index (κ1) is 14.0. The van der Waals surface area contributed by atoms with Crippen LogP contribution in [0.1, 0.15) is 23.1 Å². The molecule has 0 saturated heterocycles. The SMILES string of the molecule is Cc1cc(C#N)cc(C)c1OCCC(=O)ONN. The van der Waals surface area contributed by atoms with Gasteiger partial charge in [-0.15, -0.1) is 0 Å². The third-order valence-corrected chi connectivity index (χ3v) is 2.31. The van der Waals surface area contributed by atoms with Crippen LogP contribution >= 0.6 is 0 Å². The molecule has 0 unspecified atom stereocenters. The lowest BCUT2D eigenvalue weighted by molar-refractivity contribution is -0.151. The molecule has 0 amide bonds. The number of nitrogens with zero attached hydrogens (tertiary/aromatic N) is 1. The second kappa shape index (κ2) is 6.59. The molecule has 6 heteroatoms. The van der Waals surface area contributed by atoms with Crippen LogP contribution in [0.3, 0.4) is 0 Å². The number of nitrogens with one attached hydrogen (secondary N) is 1. The Morgan fingerprint density at radius 2 is 2.06 bits per heavy atom. The van der Waals surface area contributed by atoms with E-state index in [9.17, 15) is 4.79 Å². The van der Waals surface area contributed by atoms with Crippen LogP contribution in [0, 0.1) is 25.2 Å². The van der Waals surface area contributed by atoms with Gasteiger partial charge in [-0.3, -0.25) is 4.79 Å². The molecule has 0 aliphatic rings. The minimum Gasteiger partial charge on any atom is -0.492 e. The van der Waals surface area contributed by atoms with Gasteiger partial charge in [0.1, 0.15) is 5.75 Å². The number of hydrogen-bond acceptors (Lipinski definition) is 6. The molecule has 1 aromatic carbocycles. The molecule has 1 aromatic rings. The maximum absolute atomic E-state index is 11.0. The second-order valence-electron chi connectivity index (χ2n) is 3.74. The zero-order valence-corrected chi connectivity index (χ0v) is 10.3. The quantitative estimate of drug-likeness (QED) is 0.593. The van der Waals surface area contributed by atoms with E-state index in [0.29, 0.717) is 11.3 Å². The lowest BCUT2D eigenvalue weighted by Crippen LogP contribution is -2.27. The minimum atomic E-state index is -0.499. The van der Waals surface area contributed by atoms with E-state index in [0.717, 1.165) is 11.1 Å². The lowest BCUT2D eigenvalue weighted by Gasteiger charge is -2.12. The Kier molecular flexibility index (Phi) is 5.11. The first-order valence-electron chi connectivity index (χ1n) is 5.38. The van der Waals surface area contributed by atoms with Crippen molar-refractivity contribution in [3.05, 3.63) is 28.8 Å². The van der Waals surface area contributed by atoms with E-state index >= 15 is 0 Å². The molecule has 0 heterocycles. The average Bonchev–Trinajstić information content (AvgIpc) is 2.32. The smallest absolute Gasteiger partial charge is 0.329 e. The highest BCUT2D eigenvalue weighted by Crippen LogP contribution is 2.24. The maximum atomic E-state index is 11.0. The molecular weight excluding hydrogens is 234 g/mol. The van der Waals surface area contributed by atoms with Gasteiger partial charge in [0, 0.05) is 0 Å². The Bertz CT molecular complexity index is 457. The number of carbonyl (C=O) groups excluding carboxylic acids is 1. The van der Waals surface area contributed by atoms with Crippen molar-refractivity contribution in [3.63, 3.8) is 0 Å². The van der Waals surface area contributed by atoms with Crippen LogP contribution in [0.25, 0.3) is 0 Å². The predicted octanol–water partition coefficient (Wildman–Crippen LogP) is 0.866. The van der Waals surface area contributed by atoms with E-state index in [1.165, 1.54) is 0 Å². The summed E-state index contributed by atoms with van der Waals surface area (Å²) in [4.78, 5) is 15.4. The van der Waals surface area contributed by atoms with E-state index in [4.69, 9.17) is 15.8 Å². The second-order valence-corrected chi connectivity index (χ2v) is 3.74. The fourth-order valence-electron chi connectivity index (χ4n) is 1.60. The highest BCUT2D eigenvalue weighted by molar-refractivity contribution is 5.69. The summed E-state index contributed by atoms with van der Waals surface area (Å²) < 4.78 is 5.51. The van der Waals surface area contributed by atoms with E-state index in [1.54, 1.807) is 12.1 Å². The van der Waals surface area contributed by atoms with Crippen molar-refractivity contribution in [3.8, 4) is 11.8 Å². The first-order chi connectivity index (χ1) is 8.58. The van der Waals surface area contributed by atoms with Crippen molar-refractivity contribution >= 4 is 5.97 Å². The summed E-state index contributed by atoms with van der Waals surface area (Å²) in [7, 11) is 0. The third-order valence-electron chi connectivity index (χ3n) is 2.31. The van der Waals surface area contributed by atoms with Crippen LogP contribution in [0.2, 0.25) is 0 Å². The predicted molar refractivity (Wildman–Crippen MR) is 64.2 cm³/mol. The number of ether oxygens (including phenoxy) is 1. The molecule has 0 fully saturated rings. The van der Waals surface area contributed by atoms with Crippen LogP contribution in [0.4, 0.5) is 0 Å². The summed E-state index contributed by atoms with van der Waals surface area (Å²) in [6.45, 7) is 3.89. The van der Waals surface area contributed by atoms with E-state index in [-0.39, 0.29) is 13.0 Å². The van der Waals surface area contributed by atoms with Crippen LogP contribution < -0.4 is 16.2 Å². The Balaban J connectivity index is 2.63. The number of hydrazine groups is 1. The molecule has 0 aliphatic heterocycles. The van der Waals surface area contributed by atoms with Gasteiger partial charge in [0.05, 0.1) is 24.7 Å². The molecule has 0 aliphatic carbocycles. The number of aryl methyl sites for hydroxylation is 2. The van der Waals surface area contributed by atoms with Gasteiger partial charge < -0.3 is 9.57 Å². The van der Waals surface area contributed by atoms with E-state index in [1.807, 2.05) is 19.4 Å². The van der Waals surface area contributed by atoms with Crippen LogP contribution in [0.15, 0.2) is 12.1 Å². The van der Waals surface area contributed by atoms with Crippen molar-refractivity contribution in [1.29, 1.82) is 5.26 Å². The summed E-state index contributed by atoms with van der Waals surface area (Å²) in [6.07, 6.45) is 0.0864. The average molecular weight is 249 g/mol. The highest BCUT2D eigenvalue weighted by atomic mass is 16.7. The fraction of sp³-hybridized carbons (Fsp3) is 0.333.